The zero-order valence-corrected chi connectivity index (χ0v) is 13.5. The molecule has 0 aromatic carbocycles. The summed E-state index contributed by atoms with van der Waals surface area (Å²) >= 11 is 0. The molecule has 20 heavy (non-hydrogen) atoms. The predicted molar refractivity (Wildman–Crippen MR) is 80.3 cm³/mol. The van der Waals surface area contributed by atoms with Crippen molar-refractivity contribution < 1.29 is 14.7 Å². The SMILES string of the molecule is CCC(C)(NC(=O)CCC(CCN)C(C)(C)C)C(=O)O. The first-order valence-electron chi connectivity index (χ1n) is 7.31. The van der Waals surface area contributed by atoms with Crippen LogP contribution in [-0.4, -0.2) is 29.1 Å². The number of nitrogens with two attached hydrogens (primary N) is 1. The molecule has 0 rings (SSSR count). The number of aliphatic carboxylic acids is 1. The minimum Gasteiger partial charge on any atom is -0.480 e. The van der Waals surface area contributed by atoms with Crippen LogP contribution in [0.25, 0.3) is 0 Å². The molecule has 0 saturated carbocycles. The third kappa shape index (κ3) is 5.90. The lowest BCUT2D eigenvalue weighted by molar-refractivity contribution is -0.147. The molecule has 0 fully saturated rings. The van der Waals surface area contributed by atoms with Crippen molar-refractivity contribution in [3.8, 4) is 0 Å². The van der Waals surface area contributed by atoms with E-state index in [1.165, 1.54) is 6.92 Å². The summed E-state index contributed by atoms with van der Waals surface area (Å²) in [6, 6.07) is 0. The number of carboxylic acid groups (broad SMARTS) is 1. The largest absolute Gasteiger partial charge is 0.480 e. The Morgan fingerprint density at radius 2 is 1.75 bits per heavy atom. The maximum Gasteiger partial charge on any atom is 0.329 e. The molecule has 5 nitrogen and oxygen atoms in total. The van der Waals surface area contributed by atoms with Crippen LogP contribution in [0.3, 0.4) is 0 Å². The van der Waals surface area contributed by atoms with Crippen LogP contribution in [0.4, 0.5) is 0 Å². The van der Waals surface area contributed by atoms with E-state index in [-0.39, 0.29) is 11.3 Å². The number of carboxylic acids is 1. The Balaban J connectivity index is 4.51. The van der Waals surface area contributed by atoms with Gasteiger partial charge in [0, 0.05) is 6.42 Å². The molecule has 118 valence electrons. The molecule has 5 heteroatoms. The maximum atomic E-state index is 12.0. The molecule has 0 bridgehead atoms. The molecule has 0 aromatic rings. The highest BCUT2D eigenvalue weighted by Crippen LogP contribution is 2.32. The Hall–Kier alpha value is -1.10. The van der Waals surface area contributed by atoms with Crippen LogP contribution in [0.5, 0.6) is 0 Å². The number of rotatable bonds is 8. The van der Waals surface area contributed by atoms with E-state index >= 15 is 0 Å². The van der Waals surface area contributed by atoms with E-state index in [2.05, 4.69) is 26.1 Å². The molecular formula is C15H30N2O3. The summed E-state index contributed by atoms with van der Waals surface area (Å²) < 4.78 is 0. The van der Waals surface area contributed by atoms with Gasteiger partial charge in [-0.1, -0.05) is 27.7 Å². The van der Waals surface area contributed by atoms with E-state index < -0.39 is 11.5 Å². The molecule has 0 aliphatic carbocycles. The van der Waals surface area contributed by atoms with Gasteiger partial charge in [0.15, 0.2) is 0 Å². The third-order valence-corrected chi connectivity index (χ3v) is 4.05. The van der Waals surface area contributed by atoms with Gasteiger partial charge in [-0.2, -0.15) is 0 Å². The van der Waals surface area contributed by atoms with Crippen molar-refractivity contribution >= 4 is 11.9 Å². The summed E-state index contributed by atoms with van der Waals surface area (Å²) in [7, 11) is 0. The van der Waals surface area contributed by atoms with Crippen LogP contribution in [0, 0.1) is 11.3 Å². The maximum absolute atomic E-state index is 12.0. The van der Waals surface area contributed by atoms with Crippen molar-refractivity contribution in [3.05, 3.63) is 0 Å². The molecule has 0 heterocycles. The van der Waals surface area contributed by atoms with Gasteiger partial charge in [0.25, 0.3) is 0 Å². The van der Waals surface area contributed by atoms with E-state index in [0.29, 0.717) is 25.3 Å². The number of carbonyl (C=O) groups is 2. The minimum atomic E-state index is -1.18. The zero-order valence-electron chi connectivity index (χ0n) is 13.5. The smallest absolute Gasteiger partial charge is 0.329 e. The lowest BCUT2D eigenvalue weighted by Crippen LogP contribution is -2.51. The molecule has 0 spiro atoms. The van der Waals surface area contributed by atoms with E-state index in [0.717, 1.165) is 12.8 Å². The lowest BCUT2D eigenvalue weighted by Gasteiger charge is -2.31. The van der Waals surface area contributed by atoms with Crippen LogP contribution in [0.1, 0.15) is 60.3 Å². The first-order chi connectivity index (χ1) is 9.06. The third-order valence-electron chi connectivity index (χ3n) is 4.05. The van der Waals surface area contributed by atoms with Crippen LogP contribution < -0.4 is 11.1 Å². The molecular weight excluding hydrogens is 256 g/mol. The van der Waals surface area contributed by atoms with Gasteiger partial charge in [-0.25, -0.2) is 4.79 Å². The van der Waals surface area contributed by atoms with Crippen molar-refractivity contribution in [1.82, 2.24) is 5.32 Å². The fourth-order valence-electron chi connectivity index (χ4n) is 2.18. The summed E-state index contributed by atoms with van der Waals surface area (Å²) in [6.07, 6.45) is 2.30. The minimum absolute atomic E-state index is 0.0977. The fraction of sp³-hybridized carbons (Fsp3) is 0.867. The molecule has 4 N–H and O–H groups in total. The van der Waals surface area contributed by atoms with Crippen LogP contribution in [0.2, 0.25) is 0 Å². The van der Waals surface area contributed by atoms with Crippen molar-refractivity contribution in [1.29, 1.82) is 0 Å². The van der Waals surface area contributed by atoms with E-state index in [1.54, 1.807) is 6.92 Å². The number of carbonyl (C=O) groups excluding carboxylic acids is 1. The molecule has 0 aliphatic rings. The van der Waals surface area contributed by atoms with Crippen molar-refractivity contribution in [2.45, 2.75) is 65.8 Å². The van der Waals surface area contributed by atoms with Crippen molar-refractivity contribution in [2.75, 3.05) is 6.54 Å². The molecule has 1 amide bonds. The highest BCUT2D eigenvalue weighted by Gasteiger charge is 2.33. The van der Waals surface area contributed by atoms with E-state index in [4.69, 9.17) is 10.8 Å². The van der Waals surface area contributed by atoms with Gasteiger partial charge in [0.2, 0.25) is 5.91 Å². The summed E-state index contributed by atoms with van der Waals surface area (Å²) in [5.74, 6) is -0.846. The highest BCUT2D eigenvalue weighted by atomic mass is 16.4. The van der Waals surface area contributed by atoms with Gasteiger partial charge in [0.1, 0.15) is 5.54 Å². The quantitative estimate of drug-likeness (QED) is 0.637. The molecule has 2 unspecified atom stereocenters. The number of hydrogen-bond donors (Lipinski definition) is 3. The average molecular weight is 286 g/mol. The molecule has 0 aliphatic heterocycles. The lowest BCUT2D eigenvalue weighted by atomic mass is 9.76. The molecule has 0 radical (unpaired) electrons. The number of amides is 1. The topological polar surface area (TPSA) is 92.4 Å². The standard InChI is InChI=1S/C15H30N2O3/c1-6-15(5,13(19)20)17-12(18)8-7-11(9-10-16)14(2,3)4/h11H,6-10,16H2,1-5H3,(H,17,18)(H,19,20). The zero-order chi connectivity index (χ0) is 16.0. The van der Waals surface area contributed by atoms with Crippen LogP contribution >= 0.6 is 0 Å². The highest BCUT2D eigenvalue weighted by molar-refractivity contribution is 5.86. The normalized spacial score (nSPS) is 16.3. The summed E-state index contributed by atoms with van der Waals surface area (Å²) in [5.41, 5.74) is 4.54. The second-order valence-electron chi connectivity index (χ2n) is 6.72. The Labute approximate surface area is 122 Å². The first kappa shape index (κ1) is 18.9. The Morgan fingerprint density at radius 1 is 1.20 bits per heavy atom. The van der Waals surface area contributed by atoms with Gasteiger partial charge < -0.3 is 16.2 Å². The predicted octanol–water partition coefficient (Wildman–Crippen LogP) is 2.15. The van der Waals surface area contributed by atoms with Gasteiger partial charge >= 0.3 is 5.97 Å². The number of hydrogen-bond acceptors (Lipinski definition) is 3. The first-order valence-corrected chi connectivity index (χ1v) is 7.31. The molecule has 2 atom stereocenters. The van der Waals surface area contributed by atoms with Gasteiger partial charge in [-0.05, 0) is 44.1 Å². The Kier molecular flexibility index (Phi) is 7.20. The van der Waals surface area contributed by atoms with Gasteiger partial charge in [-0.15, -0.1) is 0 Å². The van der Waals surface area contributed by atoms with E-state index in [9.17, 15) is 9.59 Å². The van der Waals surface area contributed by atoms with Gasteiger partial charge in [0.05, 0.1) is 0 Å². The van der Waals surface area contributed by atoms with Crippen LogP contribution in [-0.2, 0) is 9.59 Å². The molecule has 0 aromatic heterocycles. The van der Waals surface area contributed by atoms with Crippen LogP contribution in [0.15, 0.2) is 0 Å². The average Bonchev–Trinajstić information content (AvgIpc) is 2.32. The monoisotopic (exact) mass is 286 g/mol. The van der Waals surface area contributed by atoms with Crippen molar-refractivity contribution in [2.24, 2.45) is 17.1 Å². The fourth-order valence-corrected chi connectivity index (χ4v) is 2.18. The summed E-state index contributed by atoms with van der Waals surface area (Å²) in [5, 5.41) is 11.8. The second kappa shape index (κ2) is 7.62. The molecule has 0 saturated heterocycles. The van der Waals surface area contributed by atoms with Gasteiger partial charge in [-0.3, -0.25) is 4.79 Å². The van der Waals surface area contributed by atoms with E-state index in [1.807, 2.05) is 0 Å². The number of nitrogens with one attached hydrogen (secondary N) is 1. The Bertz CT molecular complexity index is 337. The van der Waals surface area contributed by atoms with Crippen molar-refractivity contribution in [3.63, 3.8) is 0 Å². The Morgan fingerprint density at radius 3 is 2.10 bits per heavy atom. The second-order valence-corrected chi connectivity index (χ2v) is 6.72. The summed E-state index contributed by atoms with van der Waals surface area (Å²) in [4.78, 5) is 23.1. The summed E-state index contributed by atoms with van der Waals surface area (Å²) in [6.45, 7) is 10.3.